The van der Waals surface area contributed by atoms with Crippen molar-refractivity contribution in [2.45, 2.75) is 0 Å². The van der Waals surface area contributed by atoms with Gasteiger partial charge in [-0.05, 0) is 12.1 Å². The fourth-order valence-electron chi connectivity index (χ4n) is 1.86. The third-order valence-corrected chi connectivity index (χ3v) is 3.62. The van der Waals surface area contributed by atoms with Gasteiger partial charge in [-0.3, -0.25) is 0 Å². The number of para-hydroxylation sites is 1. The number of fused-ring (bicyclic) bond motifs is 1. The standard InChI is InChI=1S/C13H10N2O3S/c1-14-13-15-8(6-19-13)10-11(16)7-4-2-3-5-9(7)18-12(10)17/h2-6,16H,1H3,(H,14,15). The van der Waals surface area contributed by atoms with Crippen LogP contribution < -0.4 is 10.9 Å². The van der Waals surface area contributed by atoms with E-state index >= 15 is 0 Å². The van der Waals surface area contributed by atoms with Crippen molar-refractivity contribution in [3.63, 3.8) is 0 Å². The van der Waals surface area contributed by atoms with E-state index in [4.69, 9.17) is 4.42 Å². The molecule has 2 heterocycles. The van der Waals surface area contributed by atoms with E-state index in [1.165, 1.54) is 11.3 Å². The summed E-state index contributed by atoms with van der Waals surface area (Å²) in [5.41, 5.74) is 0.268. The molecule has 0 aliphatic carbocycles. The molecule has 5 nitrogen and oxygen atoms in total. The van der Waals surface area contributed by atoms with Crippen molar-refractivity contribution < 1.29 is 9.52 Å². The maximum absolute atomic E-state index is 12.0. The number of aromatic hydroxyl groups is 1. The van der Waals surface area contributed by atoms with Crippen LogP contribution in [-0.2, 0) is 0 Å². The van der Waals surface area contributed by atoms with Crippen LogP contribution in [0.5, 0.6) is 5.75 Å². The molecule has 0 fully saturated rings. The Labute approximate surface area is 112 Å². The summed E-state index contributed by atoms with van der Waals surface area (Å²) in [5, 5.41) is 16.0. The highest BCUT2D eigenvalue weighted by Gasteiger charge is 2.17. The molecule has 0 saturated carbocycles. The van der Waals surface area contributed by atoms with E-state index in [1.807, 2.05) is 0 Å². The Bertz CT molecular complexity index is 807. The molecule has 0 radical (unpaired) electrons. The molecule has 0 aliphatic rings. The van der Waals surface area contributed by atoms with Gasteiger partial charge in [0.25, 0.3) is 0 Å². The van der Waals surface area contributed by atoms with Crippen molar-refractivity contribution in [2.24, 2.45) is 0 Å². The van der Waals surface area contributed by atoms with Crippen LogP contribution in [0.1, 0.15) is 0 Å². The number of rotatable bonds is 2. The predicted molar refractivity (Wildman–Crippen MR) is 74.8 cm³/mol. The summed E-state index contributed by atoms with van der Waals surface area (Å²) in [4.78, 5) is 16.2. The minimum atomic E-state index is -0.593. The molecule has 0 amide bonds. The summed E-state index contributed by atoms with van der Waals surface area (Å²) in [6.45, 7) is 0. The summed E-state index contributed by atoms with van der Waals surface area (Å²) in [7, 11) is 1.74. The van der Waals surface area contributed by atoms with Gasteiger partial charge in [0.2, 0.25) is 0 Å². The first-order valence-corrected chi connectivity index (χ1v) is 6.47. The number of hydrogen-bond acceptors (Lipinski definition) is 6. The van der Waals surface area contributed by atoms with Crippen LogP contribution >= 0.6 is 11.3 Å². The predicted octanol–water partition coefficient (Wildman–Crippen LogP) is 2.66. The molecule has 0 unspecified atom stereocenters. The highest BCUT2D eigenvalue weighted by molar-refractivity contribution is 7.14. The lowest BCUT2D eigenvalue weighted by atomic mass is 10.1. The molecule has 2 aromatic heterocycles. The Morgan fingerprint density at radius 1 is 1.37 bits per heavy atom. The van der Waals surface area contributed by atoms with Gasteiger partial charge < -0.3 is 14.8 Å². The SMILES string of the molecule is CNc1nc(-c2c(O)c3ccccc3oc2=O)cs1. The molecule has 3 rings (SSSR count). The number of nitrogens with zero attached hydrogens (tertiary/aromatic N) is 1. The van der Waals surface area contributed by atoms with Gasteiger partial charge in [-0.25, -0.2) is 9.78 Å². The number of nitrogens with one attached hydrogen (secondary N) is 1. The fraction of sp³-hybridized carbons (Fsp3) is 0.0769. The van der Waals surface area contributed by atoms with E-state index in [1.54, 1.807) is 36.7 Å². The third-order valence-electron chi connectivity index (χ3n) is 2.76. The van der Waals surface area contributed by atoms with Crippen LogP contribution in [0.4, 0.5) is 5.13 Å². The van der Waals surface area contributed by atoms with Crippen molar-refractivity contribution in [3.05, 3.63) is 40.1 Å². The second kappa shape index (κ2) is 4.40. The van der Waals surface area contributed by atoms with Crippen molar-refractivity contribution in [1.82, 2.24) is 4.98 Å². The normalized spacial score (nSPS) is 10.8. The molecule has 19 heavy (non-hydrogen) atoms. The number of anilines is 1. The average molecular weight is 274 g/mol. The lowest BCUT2D eigenvalue weighted by Crippen LogP contribution is -2.03. The smallest absolute Gasteiger partial charge is 0.349 e. The molecule has 96 valence electrons. The van der Waals surface area contributed by atoms with Crippen molar-refractivity contribution >= 4 is 27.4 Å². The van der Waals surface area contributed by atoms with Crippen molar-refractivity contribution in [3.8, 4) is 17.0 Å². The highest BCUT2D eigenvalue weighted by Crippen LogP contribution is 2.33. The number of hydrogen-bond donors (Lipinski definition) is 2. The maximum atomic E-state index is 12.0. The van der Waals surface area contributed by atoms with Crippen molar-refractivity contribution in [2.75, 3.05) is 12.4 Å². The first-order valence-electron chi connectivity index (χ1n) is 5.59. The summed E-state index contributed by atoms with van der Waals surface area (Å²) in [6.07, 6.45) is 0. The fourth-order valence-corrected chi connectivity index (χ4v) is 2.53. The second-order valence-corrected chi connectivity index (χ2v) is 4.76. The molecule has 6 heteroatoms. The van der Waals surface area contributed by atoms with E-state index < -0.39 is 5.63 Å². The Morgan fingerprint density at radius 2 is 2.16 bits per heavy atom. The van der Waals surface area contributed by atoms with Gasteiger partial charge in [0.1, 0.15) is 16.9 Å². The Morgan fingerprint density at radius 3 is 2.89 bits per heavy atom. The molecule has 0 saturated heterocycles. The van der Waals surface area contributed by atoms with Gasteiger partial charge >= 0.3 is 5.63 Å². The molecule has 3 aromatic rings. The molecule has 0 bridgehead atoms. The Balaban J connectivity index is 2.31. The van der Waals surface area contributed by atoms with Crippen molar-refractivity contribution in [1.29, 1.82) is 0 Å². The van der Waals surface area contributed by atoms with Crippen LogP contribution in [0, 0.1) is 0 Å². The van der Waals surface area contributed by atoms with Crippen LogP contribution in [0.3, 0.4) is 0 Å². The zero-order valence-electron chi connectivity index (χ0n) is 10.0. The quantitative estimate of drug-likeness (QED) is 0.703. The monoisotopic (exact) mass is 274 g/mol. The average Bonchev–Trinajstić information content (AvgIpc) is 2.87. The van der Waals surface area contributed by atoms with E-state index in [0.717, 1.165) is 0 Å². The Hall–Kier alpha value is -2.34. The lowest BCUT2D eigenvalue weighted by molar-refractivity contribution is 0.471. The van der Waals surface area contributed by atoms with Gasteiger partial charge in [-0.2, -0.15) is 0 Å². The molecular weight excluding hydrogens is 264 g/mol. The zero-order chi connectivity index (χ0) is 13.4. The van der Waals surface area contributed by atoms with Crippen LogP contribution in [0.2, 0.25) is 0 Å². The summed E-state index contributed by atoms with van der Waals surface area (Å²) in [5.74, 6) is -0.0974. The molecule has 2 N–H and O–H groups in total. The third kappa shape index (κ3) is 1.86. The van der Waals surface area contributed by atoms with Crippen LogP contribution in [-0.4, -0.2) is 17.1 Å². The molecule has 0 aliphatic heterocycles. The maximum Gasteiger partial charge on any atom is 0.349 e. The topological polar surface area (TPSA) is 75.4 Å². The molecule has 0 spiro atoms. The summed E-state index contributed by atoms with van der Waals surface area (Å²) in [6, 6.07) is 6.85. The van der Waals surface area contributed by atoms with E-state index in [0.29, 0.717) is 21.8 Å². The lowest BCUT2D eigenvalue weighted by Gasteiger charge is -2.03. The van der Waals surface area contributed by atoms with E-state index in [-0.39, 0.29) is 11.3 Å². The molecule has 0 atom stereocenters. The van der Waals surface area contributed by atoms with Crippen LogP contribution in [0.25, 0.3) is 22.2 Å². The number of benzene rings is 1. The minimum absolute atomic E-state index is 0.0939. The summed E-state index contributed by atoms with van der Waals surface area (Å²) >= 11 is 1.35. The van der Waals surface area contributed by atoms with Gasteiger partial charge in [0.15, 0.2) is 5.13 Å². The first-order chi connectivity index (χ1) is 9.20. The van der Waals surface area contributed by atoms with Gasteiger partial charge in [-0.1, -0.05) is 12.1 Å². The first kappa shape index (κ1) is 11.7. The van der Waals surface area contributed by atoms with Gasteiger partial charge in [-0.15, -0.1) is 11.3 Å². The second-order valence-electron chi connectivity index (χ2n) is 3.90. The van der Waals surface area contributed by atoms with E-state index in [2.05, 4.69) is 10.3 Å². The number of thiazole rings is 1. The zero-order valence-corrected chi connectivity index (χ0v) is 10.8. The highest BCUT2D eigenvalue weighted by atomic mass is 32.1. The molecular formula is C13H10N2O3S. The largest absolute Gasteiger partial charge is 0.506 e. The van der Waals surface area contributed by atoms with Crippen LogP contribution in [0.15, 0.2) is 38.9 Å². The van der Waals surface area contributed by atoms with Gasteiger partial charge in [0.05, 0.1) is 11.1 Å². The van der Waals surface area contributed by atoms with E-state index in [9.17, 15) is 9.90 Å². The molecule has 1 aromatic carbocycles. The minimum Gasteiger partial charge on any atom is -0.506 e. The summed E-state index contributed by atoms with van der Waals surface area (Å²) < 4.78 is 5.20. The van der Waals surface area contributed by atoms with Gasteiger partial charge in [0, 0.05) is 12.4 Å². The number of aromatic nitrogens is 1. The Kier molecular flexibility index (Phi) is 2.72.